The molecule has 0 nitrogen and oxygen atoms in total. The molecule has 0 heterocycles. The summed E-state index contributed by atoms with van der Waals surface area (Å²) in [6, 6.07) is 8.68. The molecule has 1 aliphatic carbocycles. The van der Waals surface area contributed by atoms with E-state index in [-0.39, 0.29) is 0 Å². The van der Waals surface area contributed by atoms with Crippen LogP contribution >= 0.6 is 0 Å². The molecule has 2 rings (SSSR count). The van der Waals surface area contributed by atoms with Crippen LogP contribution in [0.3, 0.4) is 0 Å². The van der Waals surface area contributed by atoms with Gasteiger partial charge in [0.05, 0.1) is 0 Å². The molecule has 0 amide bonds. The summed E-state index contributed by atoms with van der Waals surface area (Å²) >= 11 is 0. The van der Waals surface area contributed by atoms with Crippen molar-refractivity contribution < 1.29 is 0 Å². The van der Waals surface area contributed by atoms with Gasteiger partial charge in [-0.25, -0.2) is 0 Å². The van der Waals surface area contributed by atoms with Crippen LogP contribution in [0.5, 0.6) is 0 Å². The normalized spacial score (nSPS) is 16.1. The largest absolute Gasteiger partial charge is 0.0985 e. The highest BCUT2D eigenvalue weighted by Crippen LogP contribution is 2.26. The molecule has 1 aromatic rings. The summed E-state index contributed by atoms with van der Waals surface area (Å²) in [5.41, 5.74) is 4.10. The van der Waals surface area contributed by atoms with E-state index >= 15 is 0 Å². The predicted molar refractivity (Wildman–Crippen MR) is 63.0 cm³/mol. The minimum atomic E-state index is 1.20. The molecule has 0 saturated carbocycles. The topological polar surface area (TPSA) is 0 Å². The van der Waals surface area contributed by atoms with Gasteiger partial charge in [-0.2, -0.15) is 0 Å². The Hall–Kier alpha value is -1.30. The quantitative estimate of drug-likeness (QED) is 0.643. The van der Waals surface area contributed by atoms with Crippen molar-refractivity contribution in [3.8, 4) is 0 Å². The lowest BCUT2D eigenvalue weighted by Gasteiger charge is -2.12. The average Bonchev–Trinajstić information content (AvgIpc) is 2.30. The Labute approximate surface area is 86.0 Å². The smallest absolute Gasteiger partial charge is 0.0227 e. The number of hydrogen-bond donors (Lipinski definition) is 0. The van der Waals surface area contributed by atoms with Gasteiger partial charge < -0.3 is 0 Å². The van der Waals surface area contributed by atoms with Crippen molar-refractivity contribution in [3.05, 3.63) is 48.0 Å². The summed E-state index contributed by atoms with van der Waals surface area (Å²) in [5.74, 6) is 0. The first-order valence-corrected chi connectivity index (χ1v) is 5.32. The first kappa shape index (κ1) is 9.26. The van der Waals surface area contributed by atoms with E-state index in [1.54, 1.807) is 0 Å². The van der Waals surface area contributed by atoms with Crippen molar-refractivity contribution in [2.24, 2.45) is 0 Å². The van der Waals surface area contributed by atoms with Crippen LogP contribution in [-0.2, 0) is 0 Å². The second kappa shape index (κ2) is 4.28. The Kier molecular flexibility index (Phi) is 2.83. The van der Waals surface area contributed by atoms with E-state index in [1.807, 2.05) is 6.08 Å². The fraction of sp³-hybridized carbons (Fsp3) is 0.286. The van der Waals surface area contributed by atoms with Gasteiger partial charge >= 0.3 is 0 Å². The van der Waals surface area contributed by atoms with E-state index in [4.69, 9.17) is 0 Å². The standard InChI is InChI=1S/C14H16/c1-2-12-8-10-14(11-9-12)13-6-4-3-5-7-13/h2,6,8-11H,1,3-5,7H2. The molecule has 1 aromatic carbocycles. The molecule has 0 unspecified atom stereocenters. The highest BCUT2D eigenvalue weighted by Gasteiger charge is 2.05. The molecule has 0 N–H and O–H groups in total. The van der Waals surface area contributed by atoms with Crippen LogP contribution in [0.2, 0.25) is 0 Å². The highest BCUT2D eigenvalue weighted by atomic mass is 14.1. The summed E-state index contributed by atoms with van der Waals surface area (Å²) in [6.07, 6.45) is 9.46. The van der Waals surface area contributed by atoms with Gasteiger partial charge in [0.1, 0.15) is 0 Å². The van der Waals surface area contributed by atoms with Crippen molar-refractivity contribution in [1.29, 1.82) is 0 Å². The average molecular weight is 184 g/mol. The highest BCUT2D eigenvalue weighted by molar-refractivity contribution is 5.67. The summed E-state index contributed by atoms with van der Waals surface area (Å²) in [4.78, 5) is 0. The van der Waals surface area contributed by atoms with Crippen LogP contribution in [-0.4, -0.2) is 0 Å². The maximum Gasteiger partial charge on any atom is -0.0227 e. The Morgan fingerprint density at radius 1 is 1.07 bits per heavy atom. The van der Waals surface area contributed by atoms with Gasteiger partial charge in [-0.3, -0.25) is 0 Å². The number of rotatable bonds is 2. The first-order valence-electron chi connectivity index (χ1n) is 5.32. The van der Waals surface area contributed by atoms with E-state index in [2.05, 4.69) is 36.9 Å². The predicted octanol–water partition coefficient (Wildman–Crippen LogP) is 4.29. The Morgan fingerprint density at radius 2 is 1.86 bits per heavy atom. The molecular formula is C14H16. The lowest BCUT2D eigenvalue weighted by atomic mass is 9.93. The Balaban J connectivity index is 2.23. The van der Waals surface area contributed by atoms with E-state index in [9.17, 15) is 0 Å². The maximum absolute atomic E-state index is 3.76. The van der Waals surface area contributed by atoms with Gasteiger partial charge in [0.25, 0.3) is 0 Å². The van der Waals surface area contributed by atoms with E-state index in [0.29, 0.717) is 0 Å². The third-order valence-electron chi connectivity index (χ3n) is 2.81. The molecule has 0 aromatic heterocycles. The zero-order valence-electron chi connectivity index (χ0n) is 8.50. The molecule has 0 fully saturated rings. The van der Waals surface area contributed by atoms with Crippen LogP contribution < -0.4 is 0 Å². The lowest BCUT2D eigenvalue weighted by Crippen LogP contribution is -1.91. The maximum atomic E-state index is 3.76. The first-order chi connectivity index (χ1) is 6.90. The molecule has 0 bridgehead atoms. The van der Waals surface area contributed by atoms with E-state index < -0.39 is 0 Å². The third-order valence-corrected chi connectivity index (χ3v) is 2.81. The van der Waals surface area contributed by atoms with Crippen molar-refractivity contribution in [2.45, 2.75) is 25.7 Å². The van der Waals surface area contributed by atoms with E-state index in [0.717, 1.165) is 0 Å². The number of hydrogen-bond acceptors (Lipinski definition) is 0. The van der Waals surface area contributed by atoms with Crippen molar-refractivity contribution in [3.63, 3.8) is 0 Å². The molecule has 0 atom stereocenters. The third kappa shape index (κ3) is 1.95. The molecule has 0 radical (unpaired) electrons. The van der Waals surface area contributed by atoms with Gasteiger partial charge in [0.2, 0.25) is 0 Å². The van der Waals surface area contributed by atoms with Crippen LogP contribution in [0.25, 0.3) is 11.6 Å². The van der Waals surface area contributed by atoms with E-state index in [1.165, 1.54) is 42.4 Å². The molecule has 0 aliphatic heterocycles. The Bertz CT molecular complexity index is 341. The second-order valence-corrected chi connectivity index (χ2v) is 3.80. The fourth-order valence-corrected chi connectivity index (χ4v) is 1.93. The number of allylic oxidation sites excluding steroid dienone is 2. The minimum absolute atomic E-state index is 1.20. The fourth-order valence-electron chi connectivity index (χ4n) is 1.93. The zero-order valence-corrected chi connectivity index (χ0v) is 8.50. The van der Waals surface area contributed by atoms with Crippen LogP contribution in [0.15, 0.2) is 36.9 Å². The molecule has 72 valence electrons. The van der Waals surface area contributed by atoms with Crippen LogP contribution in [0.1, 0.15) is 36.8 Å². The molecular weight excluding hydrogens is 168 g/mol. The van der Waals surface area contributed by atoms with Gasteiger partial charge in [-0.15, -0.1) is 0 Å². The second-order valence-electron chi connectivity index (χ2n) is 3.80. The monoisotopic (exact) mass is 184 g/mol. The summed E-state index contributed by atoms with van der Waals surface area (Å²) in [6.45, 7) is 3.76. The molecule has 0 heteroatoms. The summed E-state index contributed by atoms with van der Waals surface area (Å²) < 4.78 is 0. The zero-order chi connectivity index (χ0) is 9.80. The lowest BCUT2D eigenvalue weighted by molar-refractivity contribution is 0.742. The summed E-state index contributed by atoms with van der Waals surface area (Å²) in [5, 5.41) is 0. The molecule has 14 heavy (non-hydrogen) atoms. The van der Waals surface area contributed by atoms with Crippen molar-refractivity contribution in [2.75, 3.05) is 0 Å². The number of benzene rings is 1. The summed E-state index contributed by atoms with van der Waals surface area (Å²) in [7, 11) is 0. The molecule has 0 saturated heterocycles. The van der Waals surface area contributed by atoms with Gasteiger partial charge in [-0.1, -0.05) is 43.0 Å². The van der Waals surface area contributed by atoms with Crippen LogP contribution in [0.4, 0.5) is 0 Å². The van der Waals surface area contributed by atoms with Gasteiger partial charge in [0.15, 0.2) is 0 Å². The molecule has 1 aliphatic rings. The van der Waals surface area contributed by atoms with Crippen molar-refractivity contribution >= 4 is 11.6 Å². The van der Waals surface area contributed by atoms with Gasteiger partial charge in [-0.05, 0) is 42.4 Å². The molecule has 0 spiro atoms. The SMILES string of the molecule is C=Cc1ccc(C2=CCCCC2)cc1. The van der Waals surface area contributed by atoms with Gasteiger partial charge in [0, 0.05) is 0 Å². The minimum Gasteiger partial charge on any atom is -0.0985 e. The van der Waals surface area contributed by atoms with Crippen molar-refractivity contribution in [1.82, 2.24) is 0 Å². The Morgan fingerprint density at radius 3 is 2.43 bits per heavy atom. The van der Waals surface area contributed by atoms with Crippen LogP contribution in [0, 0.1) is 0 Å².